The van der Waals surface area contributed by atoms with Crippen LogP contribution in [0.5, 0.6) is 0 Å². The Morgan fingerprint density at radius 1 is 1.50 bits per heavy atom. The Bertz CT molecular complexity index is 177. The van der Waals surface area contributed by atoms with Gasteiger partial charge in [0.15, 0.2) is 0 Å². The van der Waals surface area contributed by atoms with Gasteiger partial charge in [0.05, 0.1) is 6.61 Å². The molecule has 0 unspecified atom stereocenters. The second-order valence-electron chi connectivity index (χ2n) is 3.13. The van der Waals surface area contributed by atoms with Gasteiger partial charge in [-0.1, -0.05) is 25.6 Å². The molecule has 0 amide bonds. The molecule has 0 atom stereocenters. The summed E-state index contributed by atoms with van der Waals surface area (Å²) in [4.78, 5) is 0. The van der Waals surface area contributed by atoms with Gasteiger partial charge in [0, 0.05) is 13.1 Å². The van der Waals surface area contributed by atoms with E-state index in [0.29, 0.717) is 25.6 Å². The number of ether oxygens (including phenoxy) is 1. The van der Waals surface area contributed by atoms with Crippen molar-refractivity contribution in [2.45, 2.75) is 19.7 Å². The molecule has 2 radical (unpaired) electrons. The molecule has 0 aliphatic rings. The van der Waals surface area contributed by atoms with Crippen LogP contribution in [0.15, 0.2) is 0 Å². The van der Waals surface area contributed by atoms with E-state index in [0.717, 1.165) is 0 Å². The van der Waals surface area contributed by atoms with E-state index in [-0.39, 0.29) is 6.51 Å². The van der Waals surface area contributed by atoms with Crippen LogP contribution in [0.4, 0.5) is 0 Å². The smallest absolute Gasteiger partial charge is 0.236 e. The molecule has 0 aromatic heterocycles. The second-order valence-corrected chi connectivity index (χ2v) is 3.13. The Kier molecular flexibility index (Phi) is 10.3. The molecule has 3 nitrogen and oxygen atoms in total. The molecule has 0 aliphatic carbocycles. The highest BCUT2D eigenvalue weighted by molar-refractivity contribution is 6.47. The van der Waals surface area contributed by atoms with Gasteiger partial charge in [-0.2, -0.15) is 5.82 Å². The van der Waals surface area contributed by atoms with E-state index in [4.69, 9.17) is 9.84 Å². The third kappa shape index (κ3) is 11.6. The predicted octanol–water partition coefficient (Wildman–Crippen LogP) is -0.345. The van der Waals surface area contributed by atoms with E-state index in [1.54, 1.807) is 7.41 Å². The molecule has 5 heteroatoms. The molecule has 0 aromatic rings. The predicted molar refractivity (Wildman–Crippen MR) is 60.3 cm³/mol. The van der Waals surface area contributed by atoms with Gasteiger partial charge in [-0.25, -0.2) is 0 Å². The quantitative estimate of drug-likeness (QED) is 0.330. The SMILES string of the molecule is CC(C)[B]C#CCOCCN[B]CO. The first-order chi connectivity index (χ1) is 6.77. The molecule has 0 aliphatic heterocycles. The lowest BCUT2D eigenvalue weighted by Gasteiger charge is -2.00. The summed E-state index contributed by atoms with van der Waals surface area (Å²) >= 11 is 0. The number of hydrogen-bond acceptors (Lipinski definition) is 3. The number of aliphatic hydroxyl groups excluding tert-OH is 1. The second kappa shape index (κ2) is 10.6. The summed E-state index contributed by atoms with van der Waals surface area (Å²) < 4.78 is 5.20. The van der Waals surface area contributed by atoms with Gasteiger partial charge in [0.25, 0.3) is 0 Å². The zero-order valence-electron chi connectivity index (χ0n) is 8.92. The molecule has 76 valence electrons. The van der Waals surface area contributed by atoms with Gasteiger partial charge < -0.3 is 15.1 Å². The molecular formula is C9H17B2NO2. The normalized spacial score (nSPS) is 9.43. The average Bonchev–Trinajstić information content (AvgIpc) is 2.15. The fourth-order valence-corrected chi connectivity index (χ4v) is 0.688. The van der Waals surface area contributed by atoms with Crippen molar-refractivity contribution in [1.82, 2.24) is 5.23 Å². The van der Waals surface area contributed by atoms with Crippen molar-refractivity contribution in [2.75, 3.05) is 26.3 Å². The Morgan fingerprint density at radius 3 is 2.93 bits per heavy atom. The maximum Gasteiger partial charge on any atom is 0.236 e. The van der Waals surface area contributed by atoms with Gasteiger partial charge in [-0.05, 0) is 0 Å². The summed E-state index contributed by atoms with van der Waals surface area (Å²) in [7, 11) is 3.53. The van der Waals surface area contributed by atoms with Crippen LogP contribution in [-0.4, -0.2) is 46.1 Å². The number of rotatable bonds is 7. The summed E-state index contributed by atoms with van der Waals surface area (Å²) in [5, 5.41) is 11.3. The molecule has 0 rings (SSSR count). The van der Waals surface area contributed by atoms with E-state index in [2.05, 4.69) is 30.8 Å². The molecule has 0 aromatic carbocycles. The van der Waals surface area contributed by atoms with Gasteiger partial charge in [0.2, 0.25) is 14.7 Å². The fraction of sp³-hybridized carbons (Fsp3) is 0.778. The van der Waals surface area contributed by atoms with Crippen LogP contribution in [0, 0.1) is 11.7 Å². The highest BCUT2D eigenvalue weighted by Crippen LogP contribution is 1.93. The average molecular weight is 193 g/mol. The first-order valence-corrected chi connectivity index (χ1v) is 4.82. The molecule has 0 saturated heterocycles. The molecule has 2 N–H and O–H groups in total. The van der Waals surface area contributed by atoms with Crippen LogP contribution in [0.2, 0.25) is 5.82 Å². The Hall–Kier alpha value is -0.430. The van der Waals surface area contributed by atoms with E-state index in [9.17, 15) is 0 Å². The van der Waals surface area contributed by atoms with Crippen LogP contribution < -0.4 is 5.23 Å². The van der Waals surface area contributed by atoms with Crippen LogP contribution >= 0.6 is 0 Å². The van der Waals surface area contributed by atoms with Gasteiger partial charge in [-0.15, -0.1) is 0 Å². The lowest BCUT2D eigenvalue weighted by atomic mass is 9.67. The van der Waals surface area contributed by atoms with Crippen LogP contribution in [0.1, 0.15) is 13.8 Å². The van der Waals surface area contributed by atoms with Crippen molar-refractivity contribution in [1.29, 1.82) is 0 Å². The Labute approximate surface area is 88.1 Å². The molecular weight excluding hydrogens is 176 g/mol. The maximum absolute atomic E-state index is 8.41. The summed E-state index contributed by atoms with van der Waals surface area (Å²) in [6.07, 6.45) is 0. The highest BCUT2D eigenvalue weighted by Gasteiger charge is 1.90. The first-order valence-electron chi connectivity index (χ1n) is 4.82. The molecule has 0 spiro atoms. The van der Waals surface area contributed by atoms with E-state index < -0.39 is 0 Å². The standard InChI is InChI=1S/C9H17B2NO2/c1-9(2)10-4-3-6-14-7-5-12-11-8-13/h9,12-13H,5-8H2,1-2H3. The molecule has 0 fully saturated rings. The zero-order valence-corrected chi connectivity index (χ0v) is 8.92. The minimum atomic E-state index is 0.0448. The third-order valence-corrected chi connectivity index (χ3v) is 1.32. The Morgan fingerprint density at radius 2 is 2.29 bits per heavy atom. The minimum absolute atomic E-state index is 0.0448. The van der Waals surface area contributed by atoms with Gasteiger partial charge >= 0.3 is 0 Å². The number of hydrogen-bond donors (Lipinski definition) is 2. The van der Waals surface area contributed by atoms with Crippen molar-refractivity contribution < 1.29 is 9.84 Å². The van der Waals surface area contributed by atoms with Crippen molar-refractivity contribution in [3.8, 4) is 11.7 Å². The monoisotopic (exact) mass is 193 g/mol. The van der Waals surface area contributed by atoms with Gasteiger partial charge in [-0.3, -0.25) is 0 Å². The van der Waals surface area contributed by atoms with E-state index >= 15 is 0 Å². The number of nitrogens with one attached hydrogen (secondary N) is 1. The fourth-order valence-electron chi connectivity index (χ4n) is 0.688. The largest absolute Gasteiger partial charge is 0.403 e. The van der Waals surface area contributed by atoms with Crippen molar-refractivity contribution >= 4 is 14.7 Å². The molecule has 0 heterocycles. The lowest BCUT2D eigenvalue weighted by molar-refractivity contribution is 0.172. The molecule has 0 bridgehead atoms. The topological polar surface area (TPSA) is 41.5 Å². The van der Waals surface area contributed by atoms with E-state index in [1.165, 1.54) is 0 Å². The highest BCUT2D eigenvalue weighted by atomic mass is 16.5. The van der Waals surface area contributed by atoms with Crippen molar-refractivity contribution in [2.24, 2.45) is 0 Å². The molecule has 14 heavy (non-hydrogen) atoms. The van der Waals surface area contributed by atoms with E-state index in [1.807, 2.05) is 7.28 Å². The van der Waals surface area contributed by atoms with Gasteiger partial charge in [0.1, 0.15) is 6.61 Å². The summed E-state index contributed by atoms with van der Waals surface area (Å²) in [5.41, 5.74) is 0. The molecule has 0 saturated carbocycles. The van der Waals surface area contributed by atoms with Crippen LogP contribution in [0.3, 0.4) is 0 Å². The summed E-state index contributed by atoms with van der Waals surface area (Å²) in [6, 6.07) is 0. The van der Waals surface area contributed by atoms with Crippen LogP contribution in [0.25, 0.3) is 0 Å². The first kappa shape index (κ1) is 13.6. The van der Waals surface area contributed by atoms with Crippen molar-refractivity contribution in [3.05, 3.63) is 0 Å². The zero-order chi connectivity index (χ0) is 10.6. The lowest BCUT2D eigenvalue weighted by Crippen LogP contribution is -2.26. The minimum Gasteiger partial charge on any atom is -0.403 e. The van der Waals surface area contributed by atoms with Crippen LogP contribution in [-0.2, 0) is 4.74 Å². The summed E-state index contributed by atoms with van der Waals surface area (Å²) in [6.45, 7) is 5.99. The van der Waals surface area contributed by atoms with Crippen molar-refractivity contribution in [3.63, 3.8) is 0 Å². The number of aliphatic hydroxyl groups is 1. The Balaban J connectivity index is 3.07. The maximum atomic E-state index is 8.41. The summed E-state index contributed by atoms with van der Waals surface area (Å²) in [5.74, 6) is 6.31. The third-order valence-electron chi connectivity index (χ3n) is 1.32.